The SMILES string of the molecule is COC(=O)[C@@H](C)CNC1CCCC1. The largest absolute Gasteiger partial charge is 0.469 e. The topological polar surface area (TPSA) is 38.3 Å². The van der Waals surface area contributed by atoms with Crippen molar-refractivity contribution >= 4 is 5.97 Å². The standard InChI is InChI=1S/C10H19NO2/c1-8(10(12)13-2)7-11-9-5-3-4-6-9/h8-9,11H,3-7H2,1-2H3/t8-/m0/s1. The second-order valence-electron chi connectivity index (χ2n) is 3.81. The van der Waals surface area contributed by atoms with Crippen LogP contribution < -0.4 is 5.32 Å². The monoisotopic (exact) mass is 185 g/mol. The van der Waals surface area contributed by atoms with Crippen molar-refractivity contribution in [3.63, 3.8) is 0 Å². The summed E-state index contributed by atoms with van der Waals surface area (Å²) in [6.45, 7) is 2.64. The second-order valence-corrected chi connectivity index (χ2v) is 3.81. The number of hydrogen-bond acceptors (Lipinski definition) is 3. The van der Waals surface area contributed by atoms with Gasteiger partial charge in [0, 0.05) is 12.6 Å². The highest BCUT2D eigenvalue weighted by atomic mass is 16.5. The van der Waals surface area contributed by atoms with E-state index in [0.717, 1.165) is 6.54 Å². The van der Waals surface area contributed by atoms with Crippen LogP contribution in [0.3, 0.4) is 0 Å². The second kappa shape index (κ2) is 5.22. The highest BCUT2D eigenvalue weighted by Crippen LogP contribution is 2.17. The summed E-state index contributed by atoms with van der Waals surface area (Å²) in [5.74, 6) is -0.143. The van der Waals surface area contributed by atoms with Gasteiger partial charge in [-0.3, -0.25) is 4.79 Å². The van der Waals surface area contributed by atoms with Crippen LogP contribution in [-0.4, -0.2) is 25.7 Å². The third-order valence-electron chi connectivity index (χ3n) is 2.67. The molecule has 0 amide bonds. The van der Waals surface area contributed by atoms with E-state index in [2.05, 4.69) is 10.1 Å². The van der Waals surface area contributed by atoms with Gasteiger partial charge in [0.25, 0.3) is 0 Å². The fourth-order valence-electron chi connectivity index (χ4n) is 1.76. The van der Waals surface area contributed by atoms with Gasteiger partial charge in [0.15, 0.2) is 0 Å². The Morgan fingerprint density at radius 1 is 1.54 bits per heavy atom. The zero-order valence-electron chi connectivity index (χ0n) is 8.51. The summed E-state index contributed by atoms with van der Waals surface area (Å²) in [6, 6.07) is 0.632. The minimum Gasteiger partial charge on any atom is -0.469 e. The lowest BCUT2D eigenvalue weighted by Crippen LogP contribution is -2.33. The molecule has 76 valence electrons. The lowest BCUT2D eigenvalue weighted by Gasteiger charge is -2.14. The normalized spacial score (nSPS) is 20.2. The average Bonchev–Trinajstić information content (AvgIpc) is 2.65. The van der Waals surface area contributed by atoms with E-state index >= 15 is 0 Å². The molecule has 0 radical (unpaired) electrons. The van der Waals surface area contributed by atoms with Crippen molar-refractivity contribution in [1.82, 2.24) is 5.32 Å². The molecule has 0 aliphatic heterocycles. The summed E-state index contributed by atoms with van der Waals surface area (Å²) in [6.07, 6.45) is 5.16. The third-order valence-corrected chi connectivity index (χ3v) is 2.67. The molecule has 0 unspecified atom stereocenters. The molecule has 1 aliphatic rings. The van der Waals surface area contributed by atoms with Crippen LogP contribution in [0, 0.1) is 5.92 Å². The van der Waals surface area contributed by atoms with Crippen LogP contribution >= 0.6 is 0 Å². The summed E-state index contributed by atoms with van der Waals surface area (Å²) < 4.78 is 4.65. The van der Waals surface area contributed by atoms with Crippen LogP contribution in [0.2, 0.25) is 0 Å². The maximum absolute atomic E-state index is 11.1. The highest BCUT2D eigenvalue weighted by Gasteiger charge is 2.18. The van der Waals surface area contributed by atoms with E-state index in [9.17, 15) is 4.79 Å². The minimum absolute atomic E-state index is 0.0226. The van der Waals surface area contributed by atoms with Crippen molar-refractivity contribution in [1.29, 1.82) is 0 Å². The van der Waals surface area contributed by atoms with Gasteiger partial charge >= 0.3 is 5.97 Å². The Labute approximate surface area is 79.8 Å². The summed E-state index contributed by atoms with van der Waals surface area (Å²) in [5, 5.41) is 3.40. The van der Waals surface area contributed by atoms with Crippen molar-refractivity contribution in [3.8, 4) is 0 Å². The molecular weight excluding hydrogens is 166 g/mol. The van der Waals surface area contributed by atoms with Crippen LogP contribution in [0.5, 0.6) is 0 Å². The molecule has 0 saturated heterocycles. The zero-order chi connectivity index (χ0) is 9.68. The Morgan fingerprint density at radius 2 is 2.15 bits per heavy atom. The summed E-state index contributed by atoms with van der Waals surface area (Å²) in [4.78, 5) is 11.1. The molecule has 1 fully saturated rings. The lowest BCUT2D eigenvalue weighted by atomic mass is 10.1. The molecule has 0 heterocycles. The van der Waals surface area contributed by atoms with Gasteiger partial charge in [-0.05, 0) is 12.8 Å². The smallest absolute Gasteiger partial charge is 0.309 e. The van der Waals surface area contributed by atoms with Gasteiger partial charge in [0.05, 0.1) is 13.0 Å². The first-order valence-corrected chi connectivity index (χ1v) is 5.05. The molecule has 1 rings (SSSR count). The van der Waals surface area contributed by atoms with E-state index in [0.29, 0.717) is 6.04 Å². The van der Waals surface area contributed by atoms with Gasteiger partial charge in [-0.25, -0.2) is 0 Å². The molecule has 0 aromatic heterocycles. The molecule has 3 heteroatoms. The molecule has 13 heavy (non-hydrogen) atoms. The van der Waals surface area contributed by atoms with Gasteiger partial charge in [-0.2, -0.15) is 0 Å². The van der Waals surface area contributed by atoms with Gasteiger partial charge in [0.1, 0.15) is 0 Å². The fourth-order valence-corrected chi connectivity index (χ4v) is 1.76. The Balaban J connectivity index is 2.13. The van der Waals surface area contributed by atoms with E-state index < -0.39 is 0 Å². The molecule has 1 aliphatic carbocycles. The number of carbonyl (C=O) groups excluding carboxylic acids is 1. The van der Waals surface area contributed by atoms with Gasteiger partial charge in [-0.15, -0.1) is 0 Å². The van der Waals surface area contributed by atoms with Crippen molar-refractivity contribution in [2.75, 3.05) is 13.7 Å². The van der Waals surface area contributed by atoms with E-state index in [1.165, 1.54) is 32.8 Å². The number of hydrogen-bond donors (Lipinski definition) is 1. The van der Waals surface area contributed by atoms with Crippen LogP contribution in [0.4, 0.5) is 0 Å². The van der Waals surface area contributed by atoms with Crippen LogP contribution in [0.25, 0.3) is 0 Å². The summed E-state index contributed by atoms with van der Waals surface area (Å²) >= 11 is 0. The highest BCUT2D eigenvalue weighted by molar-refractivity contribution is 5.72. The maximum Gasteiger partial charge on any atom is 0.309 e. The zero-order valence-corrected chi connectivity index (χ0v) is 8.51. The molecular formula is C10H19NO2. The average molecular weight is 185 g/mol. The summed E-state index contributed by atoms with van der Waals surface area (Å²) in [7, 11) is 1.44. The number of ether oxygens (including phenoxy) is 1. The quantitative estimate of drug-likeness (QED) is 0.671. The number of nitrogens with one attached hydrogen (secondary N) is 1. The van der Waals surface area contributed by atoms with Gasteiger partial charge < -0.3 is 10.1 Å². The molecule has 0 bridgehead atoms. The first kappa shape index (κ1) is 10.5. The van der Waals surface area contributed by atoms with Crippen molar-refractivity contribution in [2.24, 2.45) is 5.92 Å². The lowest BCUT2D eigenvalue weighted by molar-refractivity contribution is -0.144. The third kappa shape index (κ3) is 3.35. The first-order chi connectivity index (χ1) is 6.24. The van der Waals surface area contributed by atoms with E-state index in [1.807, 2.05) is 6.92 Å². The molecule has 1 N–H and O–H groups in total. The van der Waals surface area contributed by atoms with Gasteiger partial charge in [-0.1, -0.05) is 19.8 Å². The van der Waals surface area contributed by atoms with Crippen molar-refractivity contribution < 1.29 is 9.53 Å². The number of esters is 1. The fraction of sp³-hybridized carbons (Fsp3) is 0.900. The molecule has 1 atom stereocenters. The molecule has 3 nitrogen and oxygen atoms in total. The summed E-state index contributed by atoms with van der Waals surface area (Å²) in [5.41, 5.74) is 0. The number of rotatable bonds is 4. The molecule has 0 spiro atoms. The predicted molar refractivity (Wildman–Crippen MR) is 51.4 cm³/mol. The molecule has 1 saturated carbocycles. The Bertz CT molecular complexity index is 164. The van der Waals surface area contributed by atoms with Crippen LogP contribution in [-0.2, 0) is 9.53 Å². The van der Waals surface area contributed by atoms with E-state index in [4.69, 9.17) is 0 Å². The van der Waals surface area contributed by atoms with Crippen LogP contribution in [0.15, 0.2) is 0 Å². The first-order valence-electron chi connectivity index (χ1n) is 5.05. The Kier molecular flexibility index (Phi) is 4.22. The number of carbonyl (C=O) groups is 1. The molecule has 0 aromatic rings. The van der Waals surface area contributed by atoms with Crippen LogP contribution in [0.1, 0.15) is 32.6 Å². The predicted octanol–water partition coefficient (Wildman–Crippen LogP) is 1.33. The van der Waals surface area contributed by atoms with Gasteiger partial charge in [0.2, 0.25) is 0 Å². The van der Waals surface area contributed by atoms with E-state index in [-0.39, 0.29) is 11.9 Å². The van der Waals surface area contributed by atoms with Crippen molar-refractivity contribution in [3.05, 3.63) is 0 Å². The molecule has 0 aromatic carbocycles. The maximum atomic E-state index is 11.1. The van der Waals surface area contributed by atoms with E-state index in [1.54, 1.807) is 0 Å². The number of methoxy groups -OCH3 is 1. The van der Waals surface area contributed by atoms with Crippen molar-refractivity contribution in [2.45, 2.75) is 38.6 Å². The Morgan fingerprint density at radius 3 is 2.69 bits per heavy atom. The minimum atomic E-state index is -0.120. The Hall–Kier alpha value is -0.570.